The zero-order chi connectivity index (χ0) is 10.1. The van der Waals surface area contributed by atoms with Crippen molar-refractivity contribution in [3.8, 4) is 0 Å². The SMILES string of the molecule is CCCC(CN)OCCCN(C)C. The molecule has 0 fully saturated rings. The van der Waals surface area contributed by atoms with Gasteiger partial charge in [-0.25, -0.2) is 0 Å². The number of hydrogen-bond acceptors (Lipinski definition) is 3. The Morgan fingerprint density at radius 2 is 2.08 bits per heavy atom. The minimum absolute atomic E-state index is 0.271. The standard InChI is InChI=1S/C10H24N2O/c1-4-6-10(9-11)13-8-5-7-12(2)3/h10H,4-9,11H2,1-3H3. The Hall–Kier alpha value is -0.120. The Morgan fingerprint density at radius 3 is 2.54 bits per heavy atom. The lowest BCUT2D eigenvalue weighted by Crippen LogP contribution is -2.25. The third-order valence-corrected chi connectivity index (χ3v) is 1.98. The summed E-state index contributed by atoms with van der Waals surface area (Å²) < 4.78 is 5.63. The molecule has 0 bridgehead atoms. The lowest BCUT2D eigenvalue weighted by molar-refractivity contribution is 0.0485. The molecular formula is C10H24N2O. The number of ether oxygens (including phenoxy) is 1. The zero-order valence-electron chi connectivity index (χ0n) is 9.25. The molecule has 0 aromatic rings. The number of nitrogens with zero attached hydrogens (tertiary/aromatic N) is 1. The predicted molar refractivity (Wildman–Crippen MR) is 56.9 cm³/mol. The van der Waals surface area contributed by atoms with E-state index in [2.05, 4.69) is 25.9 Å². The summed E-state index contributed by atoms with van der Waals surface area (Å²) in [6.07, 6.45) is 3.59. The van der Waals surface area contributed by atoms with Crippen molar-refractivity contribution in [2.24, 2.45) is 5.73 Å². The first-order valence-electron chi connectivity index (χ1n) is 5.17. The highest BCUT2D eigenvalue weighted by Crippen LogP contribution is 2.00. The second-order valence-electron chi connectivity index (χ2n) is 3.67. The molecule has 1 atom stereocenters. The van der Waals surface area contributed by atoms with E-state index in [1.54, 1.807) is 0 Å². The first kappa shape index (κ1) is 12.9. The zero-order valence-corrected chi connectivity index (χ0v) is 9.25. The van der Waals surface area contributed by atoms with E-state index in [0.717, 1.165) is 32.4 Å². The third-order valence-electron chi connectivity index (χ3n) is 1.98. The average Bonchev–Trinajstić information content (AvgIpc) is 2.10. The van der Waals surface area contributed by atoms with Crippen LogP contribution in [0.3, 0.4) is 0 Å². The van der Waals surface area contributed by atoms with Crippen LogP contribution in [0, 0.1) is 0 Å². The van der Waals surface area contributed by atoms with E-state index in [1.807, 2.05) is 0 Å². The van der Waals surface area contributed by atoms with Crippen molar-refractivity contribution in [2.45, 2.75) is 32.3 Å². The molecule has 0 aliphatic rings. The fourth-order valence-electron chi connectivity index (χ4n) is 1.22. The summed E-state index contributed by atoms with van der Waals surface area (Å²) >= 11 is 0. The van der Waals surface area contributed by atoms with Crippen LogP contribution >= 0.6 is 0 Å². The van der Waals surface area contributed by atoms with Crippen molar-refractivity contribution < 1.29 is 4.74 Å². The maximum atomic E-state index is 5.63. The van der Waals surface area contributed by atoms with Crippen LogP contribution in [0.4, 0.5) is 0 Å². The van der Waals surface area contributed by atoms with Crippen molar-refractivity contribution in [3.63, 3.8) is 0 Å². The Morgan fingerprint density at radius 1 is 1.38 bits per heavy atom. The Kier molecular flexibility index (Phi) is 8.40. The normalized spacial score (nSPS) is 13.6. The van der Waals surface area contributed by atoms with Crippen molar-refractivity contribution in [1.29, 1.82) is 0 Å². The molecule has 2 N–H and O–H groups in total. The largest absolute Gasteiger partial charge is 0.377 e. The number of hydrogen-bond donors (Lipinski definition) is 1. The number of nitrogens with two attached hydrogens (primary N) is 1. The van der Waals surface area contributed by atoms with Crippen molar-refractivity contribution in [2.75, 3.05) is 33.8 Å². The summed E-state index contributed by atoms with van der Waals surface area (Å²) in [4.78, 5) is 2.17. The molecule has 1 unspecified atom stereocenters. The second kappa shape index (κ2) is 8.48. The summed E-state index contributed by atoms with van der Waals surface area (Å²) in [5, 5.41) is 0. The highest BCUT2D eigenvalue weighted by molar-refractivity contribution is 4.57. The van der Waals surface area contributed by atoms with E-state index in [4.69, 9.17) is 10.5 Å². The summed E-state index contributed by atoms with van der Waals surface area (Å²) in [7, 11) is 4.15. The molecule has 0 aliphatic heterocycles. The first-order valence-corrected chi connectivity index (χ1v) is 5.17. The monoisotopic (exact) mass is 188 g/mol. The fraction of sp³-hybridized carbons (Fsp3) is 1.00. The van der Waals surface area contributed by atoms with Gasteiger partial charge in [0, 0.05) is 13.2 Å². The smallest absolute Gasteiger partial charge is 0.0697 e. The average molecular weight is 188 g/mol. The molecule has 3 heteroatoms. The van der Waals surface area contributed by atoms with Gasteiger partial charge < -0.3 is 15.4 Å². The van der Waals surface area contributed by atoms with Gasteiger partial charge in [0.1, 0.15) is 0 Å². The van der Waals surface area contributed by atoms with Gasteiger partial charge in [-0.2, -0.15) is 0 Å². The van der Waals surface area contributed by atoms with E-state index < -0.39 is 0 Å². The highest BCUT2D eigenvalue weighted by Gasteiger charge is 2.04. The lowest BCUT2D eigenvalue weighted by atomic mass is 10.2. The summed E-state index contributed by atoms with van der Waals surface area (Å²) in [5.41, 5.74) is 5.57. The molecule has 0 amide bonds. The number of rotatable bonds is 8. The minimum atomic E-state index is 0.271. The van der Waals surface area contributed by atoms with Crippen molar-refractivity contribution in [1.82, 2.24) is 4.90 Å². The first-order chi connectivity index (χ1) is 6.20. The van der Waals surface area contributed by atoms with Gasteiger partial charge in [0.2, 0.25) is 0 Å². The Labute approximate surface area is 82.2 Å². The van der Waals surface area contributed by atoms with Gasteiger partial charge in [0.05, 0.1) is 6.10 Å². The van der Waals surface area contributed by atoms with Gasteiger partial charge in [-0.3, -0.25) is 0 Å². The van der Waals surface area contributed by atoms with Gasteiger partial charge in [-0.15, -0.1) is 0 Å². The van der Waals surface area contributed by atoms with Gasteiger partial charge in [-0.1, -0.05) is 13.3 Å². The van der Waals surface area contributed by atoms with E-state index in [-0.39, 0.29) is 6.10 Å². The maximum absolute atomic E-state index is 5.63. The molecule has 0 rings (SSSR count). The van der Waals surface area contributed by atoms with Crippen molar-refractivity contribution >= 4 is 0 Å². The van der Waals surface area contributed by atoms with E-state index in [9.17, 15) is 0 Å². The van der Waals surface area contributed by atoms with Crippen LogP contribution in [0.2, 0.25) is 0 Å². The summed E-state index contributed by atoms with van der Waals surface area (Å²) in [6.45, 7) is 4.73. The molecule has 0 saturated carbocycles. The summed E-state index contributed by atoms with van der Waals surface area (Å²) in [5.74, 6) is 0. The van der Waals surface area contributed by atoms with Gasteiger partial charge in [-0.05, 0) is 33.5 Å². The topological polar surface area (TPSA) is 38.5 Å². The molecule has 0 radical (unpaired) electrons. The molecule has 80 valence electrons. The van der Waals surface area contributed by atoms with Gasteiger partial charge in [0.15, 0.2) is 0 Å². The molecule has 0 aliphatic carbocycles. The molecule has 0 heterocycles. The molecule has 0 spiro atoms. The van der Waals surface area contributed by atoms with Crippen LogP contribution in [0.5, 0.6) is 0 Å². The molecule has 3 nitrogen and oxygen atoms in total. The van der Waals surface area contributed by atoms with Crippen LogP contribution < -0.4 is 5.73 Å². The second-order valence-corrected chi connectivity index (χ2v) is 3.67. The minimum Gasteiger partial charge on any atom is -0.377 e. The molecule has 0 aromatic carbocycles. The third kappa shape index (κ3) is 8.22. The van der Waals surface area contributed by atoms with Crippen LogP contribution in [-0.2, 0) is 4.74 Å². The van der Waals surface area contributed by atoms with Gasteiger partial charge in [0.25, 0.3) is 0 Å². The van der Waals surface area contributed by atoms with Crippen LogP contribution in [0.25, 0.3) is 0 Å². The lowest BCUT2D eigenvalue weighted by Gasteiger charge is -2.16. The molecule has 13 heavy (non-hydrogen) atoms. The van der Waals surface area contributed by atoms with Crippen molar-refractivity contribution in [3.05, 3.63) is 0 Å². The molecular weight excluding hydrogens is 164 g/mol. The van der Waals surface area contributed by atoms with E-state index in [0.29, 0.717) is 6.54 Å². The van der Waals surface area contributed by atoms with E-state index >= 15 is 0 Å². The molecule has 0 saturated heterocycles. The Bertz CT molecular complexity index is 107. The van der Waals surface area contributed by atoms with Gasteiger partial charge >= 0.3 is 0 Å². The van der Waals surface area contributed by atoms with Crippen LogP contribution in [0.15, 0.2) is 0 Å². The van der Waals surface area contributed by atoms with E-state index in [1.165, 1.54) is 0 Å². The maximum Gasteiger partial charge on any atom is 0.0697 e. The fourth-order valence-corrected chi connectivity index (χ4v) is 1.22. The predicted octanol–water partition coefficient (Wildman–Crippen LogP) is 1.08. The molecule has 0 aromatic heterocycles. The summed E-state index contributed by atoms with van der Waals surface area (Å²) in [6, 6.07) is 0. The highest BCUT2D eigenvalue weighted by atomic mass is 16.5. The van der Waals surface area contributed by atoms with Crippen LogP contribution in [0.1, 0.15) is 26.2 Å². The van der Waals surface area contributed by atoms with Crippen LogP contribution in [-0.4, -0.2) is 44.8 Å². The quantitative estimate of drug-likeness (QED) is 0.579. The Balaban J connectivity index is 3.27.